The van der Waals surface area contributed by atoms with Crippen LogP contribution in [0.15, 0.2) is 48.7 Å². The number of nitrogens with one attached hydrogen (secondary N) is 2. The molecule has 0 aliphatic carbocycles. The Kier molecular flexibility index (Phi) is 4.50. The number of hydrogen-bond acceptors (Lipinski definition) is 6. The van der Waals surface area contributed by atoms with Crippen LogP contribution < -0.4 is 20.1 Å². The molecule has 0 saturated heterocycles. The van der Waals surface area contributed by atoms with E-state index in [-0.39, 0.29) is 0 Å². The van der Waals surface area contributed by atoms with Gasteiger partial charge in [0, 0.05) is 28.7 Å². The minimum Gasteiger partial charge on any atom is -0.486 e. The second-order valence-electron chi connectivity index (χ2n) is 5.83. The van der Waals surface area contributed by atoms with Crippen molar-refractivity contribution >= 4 is 34.7 Å². The summed E-state index contributed by atoms with van der Waals surface area (Å²) in [5.74, 6) is 2.65. The van der Waals surface area contributed by atoms with Crippen LogP contribution in [-0.2, 0) is 0 Å². The minimum absolute atomic E-state index is 0.498. The Morgan fingerprint density at radius 2 is 1.81 bits per heavy atom. The summed E-state index contributed by atoms with van der Waals surface area (Å²) < 4.78 is 11.1. The van der Waals surface area contributed by atoms with Crippen LogP contribution in [0.2, 0.25) is 5.02 Å². The van der Waals surface area contributed by atoms with Crippen LogP contribution in [0, 0.1) is 6.92 Å². The Balaban J connectivity index is 1.52. The van der Waals surface area contributed by atoms with Crippen molar-refractivity contribution in [2.24, 2.45) is 0 Å². The molecule has 4 rings (SSSR count). The van der Waals surface area contributed by atoms with Crippen molar-refractivity contribution in [2.45, 2.75) is 6.92 Å². The fraction of sp³-hybridized carbons (Fsp3) is 0.158. The first kappa shape index (κ1) is 16.5. The van der Waals surface area contributed by atoms with Gasteiger partial charge in [-0.1, -0.05) is 11.6 Å². The predicted molar refractivity (Wildman–Crippen MR) is 102 cm³/mol. The molecule has 0 bridgehead atoms. The van der Waals surface area contributed by atoms with E-state index in [1.54, 1.807) is 12.3 Å². The molecule has 0 atom stereocenters. The number of aryl methyl sites for hydroxylation is 1. The van der Waals surface area contributed by atoms with Gasteiger partial charge >= 0.3 is 0 Å². The van der Waals surface area contributed by atoms with E-state index in [4.69, 9.17) is 21.1 Å². The van der Waals surface area contributed by atoms with Gasteiger partial charge < -0.3 is 20.1 Å². The highest BCUT2D eigenvalue weighted by atomic mass is 35.5. The van der Waals surface area contributed by atoms with Gasteiger partial charge in [0.1, 0.15) is 19.0 Å². The van der Waals surface area contributed by atoms with E-state index in [0.29, 0.717) is 30.0 Å². The Hall–Kier alpha value is -2.99. The molecule has 0 spiro atoms. The van der Waals surface area contributed by atoms with Crippen LogP contribution >= 0.6 is 11.6 Å². The molecule has 0 unspecified atom stereocenters. The van der Waals surface area contributed by atoms with E-state index in [2.05, 4.69) is 20.6 Å². The van der Waals surface area contributed by atoms with E-state index in [1.807, 2.05) is 43.3 Å². The van der Waals surface area contributed by atoms with E-state index in [0.717, 1.165) is 28.4 Å². The van der Waals surface area contributed by atoms with E-state index in [1.165, 1.54) is 0 Å². The first-order valence-electron chi connectivity index (χ1n) is 8.20. The zero-order valence-corrected chi connectivity index (χ0v) is 14.9. The SMILES string of the molecule is Cc1cc(Cl)ccc1Nc1nccc(Nc2ccc3c(c2)OCCO3)n1. The van der Waals surface area contributed by atoms with Crippen LogP contribution in [0.25, 0.3) is 0 Å². The fourth-order valence-corrected chi connectivity index (χ4v) is 2.87. The molecule has 1 aromatic heterocycles. The average Bonchev–Trinajstić information content (AvgIpc) is 2.64. The zero-order chi connectivity index (χ0) is 17.9. The maximum absolute atomic E-state index is 6.00. The Morgan fingerprint density at radius 1 is 0.962 bits per heavy atom. The lowest BCUT2D eigenvalue weighted by Crippen LogP contribution is -2.15. The maximum Gasteiger partial charge on any atom is 0.229 e. The molecular weight excluding hydrogens is 352 g/mol. The van der Waals surface area contributed by atoms with Crippen molar-refractivity contribution < 1.29 is 9.47 Å². The molecular formula is C19H17ClN4O2. The minimum atomic E-state index is 0.498. The summed E-state index contributed by atoms with van der Waals surface area (Å²) in [6, 6.07) is 13.1. The van der Waals surface area contributed by atoms with Gasteiger partial charge in [-0.15, -0.1) is 0 Å². The largest absolute Gasteiger partial charge is 0.486 e. The van der Waals surface area contributed by atoms with Gasteiger partial charge in [0.05, 0.1) is 0 Å². The van der Waals surface area contributed by atoms with Gasteiger partial charge in [0.25, 0.3) is 0 Å². The van der Waals surface area contributed by atoms with E-state index >= 15 is 0 Å². The third kappa shape index (κ3) is 3.65. The standard InChI is InChI=1S/C19H17ClN4O2/c1-12-10-13(20)2-4-15(12)23-19-21-7-6-18(24-19)22-14-3-5-16-17(11-14)26-9-8-25-16/h2-7,10-11H,8-9H2,1H3,(H2,21,22,23,24). The van der Waals surface area contributed by atoms with Gasteiger partial charge in [0.2, 0.25) is 5.95 Å². The molecule has 0 saturated carbocycles. The van der Waals surface area contributed by atoms with Crippen LogP contribution in [0.1, 0.15) is 5.56 Å². The normalized spacial score (nSPS) is 12.5. The number of benzene rings is 2. The monoisotopic (exact) mass is 368 g/mol. The molecule has 6 nitrogen and oxygen atoms in total. The second-order valence-corrected chi connectivity index (χ2v) is 6.27. The van der Waals surface area contributed by atoms with Crippen LogP contribution in [0.4, 0.5) is 23.1 Å². The van der Waals surface area contributed by atoms with Gasteiger partial charge in [0.15, 0.2) is 11.5 Å². The lowest BCUT2D eigenvalue weighted by molar-refractivity contribution is 0.171. The van der Waals surface area contributed by atoms with Crippen molar-refractivity contribution in [3.63, 3.8) is 0 Å². The van der Waals surface area contributed by atoms with Crippen LogP contribution in [0.5, 0.6) is 11.5 Å². The third-order valence-corrected chi connectivity index (χ3v) is 4.14. The first-order chi connectivity index (χ1) is 12.7. The lowest BCUT2D eigenvalue weighted by Gasteiger charge is -2.19. The van der Waals surface area contributed by atoms with Crippen molar-refractivity contribution in [3.8, 4) is 11.5 Å². The van der Waals surface area contributed by atoms with Crippen LogP contribution in [0.3, 0.4) is 0 Å². The van der Waals surface area contributed by atoms with Gasteiger partial charge in [-0.2, -0.15) is 4.98 Å². The second kappa shape index (κ2) is 7.09. The van der Waals surface area contributed by atoms with Crippen molar-refractivity contribution in [3.05, 3.63) is 59.2 Å². The summed E-state index contributed by atoms with van der Waals surface area (Å²) in [5.41, 5.74) is 2.79. The predicted octanol–water partition coefficient (Wildman–Crippen LogP) is 4.70. The van der Waals surface area contributed by atoms with E-state index < -0.39 is 0 Å². The number of rotatable bonds is 4. The molecule has 0 amide bonds. The van der Waals surface area contributed by atoms with Crippen LogP contribution in [-0.4, -0.2) is 23.2 Å². The molecule has 26 heavy (non-hydrogen) atoms. The first-order valence-corrected chi connectivity index (χ1v) is 8.58. The molecule has 1 aliphatic rings. The number of aromatic nitrogens is 2. The average molecular weight is 369 g/mol. The van der Waals surface area contributed by atoms with E-state index in [9.17, 15) is 0 Å². The highest BCUT2D eigenvalue weighted by Gasteiger charge is 2.12. The summed E-state index contributed by atoms with van der Waals surface area (Å²) in [4.78, 5) is 8.77. The number of anilines is 4. The summed E-state index contributed by atoms with van der Waals surface area (Å²) >= 11 is 6.00. The maximum atomic E-state index is 6.00. The highest BCUT2D eigenvalue weighted by molar-refractivity contribution is 6.30. The Bertz CT molecular complexity index is 949. The van der Waals surface area contributed by atoms with Crippen molar-refractivity contribution in [1.29, 1.82) is 0 Å². The molecule has 7 heteroatoms. The summed E-state index contributed by atoms with van der Waals surface area (Å²) in [6.45, 7) is 3.11. The Labute approximate surface area is 156 Å². The third-order valence-electron chi connectivity index (χ3n) is 3.91. The number of nitrogens with zero attached hydrogens (tertiary/aromatic N) is 2. The molecule has 0 fully saturated rings. The molecule has 2 aromatic carbocycles. The quantitative estimate of drug-likeness (QED) is 0.695. The lowest BCUT2D eigenvalue weighted by atomic mass is 10.2. The number of fused-ring (bicyclic) bond motifs is 1. The molecule has 2 heterocycles. The smallest absolute Gasteiger partial charge is 0.229 e. The number of halogens is 1. The summed E-state index contributed by atoms with van der Waals surface area (Å²) in [6.07, 6.45) is 1.70. The van der Waals surface area contributed by atoms with Crippen molar-refractivity contribution in [2.75, 3.05) is 23.8 Å². The van der Waals surface area contributed by atoms with Gasteiger partial charge in [-0.25, -0.2) is 4.98 Å². The fourth-order valence-electron chi connectivity index (χ4n) is 2.65. The molecule has 1 aliphatic heterocycles. The number of ether oxygens (including phenoxy) is 2. The zero-order valence-electron chi connectivity index (χ0n) is 14.1. The highest BCUT2D eigenvalue weighted by Crippen LogP contribution is 2.33. The summed E-state index contributed by atoms with van der Waals surface area (Å²) in [5, 5.41) is 7.16. The van der Waals surface area contributed by atoms with Crippen molar-refractivity contribution in [1.82, 2.24) is 9.97 Å². The van der Waals surface area contributed by atoms with Gasteiger partial charge in [-0.05, 0) is 48.9 Å². The summed E-state index contributed by atoms with van der Waals surface area (Å²) in [7, 11) is 0. The topological polar surface area (TPSA) is 68.3 Å². The Morgan fingerprint density at radius 3 is 2.65 bits per heavy atom. The molecule has 132 valence electrons. The van der Waals surface area contributed by atoms with Gasteiger partial charge in [-0.3, -0.25) is 0 Å². The molecule has 2 N–H and O–H groups in total. The molecule has 0 radical (unpaired) electrons. The molecule has 3 aromatic rings. The number of hydrogen-bond donors (Lipinski definition) is 2.